The molecule has 0 saturated carbocycles. The SMILES string of the molecule is CCCN(CCNC(=O)c1cc(S(=O)(=O)CC)ccc1OC)Cc1ccc(Cl)cc1.Cl. The lowest BCUT2D eigenvalue weighted by molar-refractivity contribution is 0.0944. The fourth-order valence-electron chi connectivity index (χ4n) is 3.08. The number of benzene rings is 2. The van der Waals surface area contributed by atoms with Crippen LogP contribution in [-0.4, -0.2) is 51.7 Å². The Morgan fingerprint density at radius 3 is 2.35 bits per heavy atom. The number of nitrogens with one attached hydrogen (secondary N) is 1. The Morgan fingerprint density at radius 1 is 1.10 bits per heavy atom. The highest BCUT2D eigenvalue weighted by Gasteiger charge is 2.18. The zero-order valence-corrected chi connectivity index (χ0v) is 20.4. The number of amides is 1. The molecule has 31 heavy (non-hydrogen) atoms. The molecule has 0 atom stereocenters. The Balaban J connectivity index is 0.00000480. The van der Waals surface area contributed by atoms with E-state index in [0.29, 0.717) is 23.9 Å². The molecular weight excluding hydrogens is 459 g/mol. The number of sulfone groups is 1. The predicted molar refractivity (Wildman–Crippen MR) is 127 cm³/mol. The molecule has 0 aromatic heterocycles. The van der Waals surface area contributed by atoms with E-state index in [0.717, 1.165) is 25.1 Å². The monoisotopic (exact) mass is 488 g/mol. The Morgan fingerprint density at radius 2 is 1.77 bits per heavy atom. The van der Waals surface area contributed by atoms with Gasteiger partial charge >= 0.3 is 0 Å². The molecular formula is C22H30Cl2N2O4S. The summed E-state index contributed by atoms with van der Waals surface area (Å²) < 4.78 is 29.6. The van der Waals surface area contributed by atoms with E-state index in [9.17, 15) is 13.2 Å². The van der Waals surface area contributed by atoms with Crippen LogP contribution in [0.3, 0.4) is 0 Å². The average molecular weight is 489 g/mol. The summed E-state index contributed by atoms with van der Waals surface area (Å²) >= 11 is 5.95. The number of carbonyl (C=O) groups excluding carboxylic acids is 1. The van der Waals surface area contributed by atoms with Crippen molar-refractivity contribution in [1.29, 1.82) is 0 Å². The van der Waals surface area contributed by atoms with Crippen molar-refractivity contribution in [1.82, 2.24) is 10.2 Å². The van der Waals surface area contributed by atoms with Gasteiger partial charge in [0.1, 0.15) is 5.75 Å². The van der Waals surface area contributed by atoms with Crippen LogP contribution >= 0.6 is 24.0 Å². The molecule has 0 saturated heterocycles. The molecule has 0 aliphatic heterocycles. The van der Waals surface area contributed by atoms with Gasteiger partial charge in [0.2, 0.25) is 0 Å². The molecule has 6 nitrogen and oxygen atoms in total. The van der Waals surface area contributed by atoms with Crippen molar-refractivity contribution in [3.8, 4) is 5.75 Å². The van der Waals surface area contributed by atoms with E-state index in [1.807, 2.05) is 24.3 Å². The van der Waals surface area contributed by atoms with E-state index in [1.54, 1.807) is 6.92 Å². The van der Waals surface area contributed by atoms with Crippen LogP contribution in [0.25, 0.3) is 0 Å². The first-order chi connectivity index (χ1) is 14.3. The zero-order chi connectivity index (χ0) is 22.1. The maximum atomic E-state index is 12.7. The molecule has 2 rings (SSSR count). The number of ether oxygens (including phenoxy) is 1. The molecule has 172 valence electrons. The van der Waals surface area contributed by atoms with E-state index >= 15 is 0 Å². The van der Waals surface area contributed by atoms with Gasteiger partial charge < -0.3 is 10.1 Å². The van der Waals surface area contributed by atoms with Gasteiger partial charge in [0.05, 0.1) is 23.3 Å². The quantitative estimate of drug-likeness (QED) is 0.512. The summed E-state index contributed by atoms with van der Waals surface area (Å²) in [6.45, 7) is 6.43. The van der Waals surface area contributed by atoms with Crippen molar-refractivity contribution >= 4 is 39.8 Å². The predicted octanol–water partition coefficient (Wildman–Crippen LogP) is 4.21. The molecule has 0 radical (unpaired) electrons. The van der Waals surface area contributed by atoms with Gasteiger partial charge in [-0.05, 0) is 48.9 Å². The van der Waals surface area contributed by atoms with Gasteiger partial charge in [-0.15, -0.1) is 12.4 Å². The van der Waals surface area contributed by atoms with Crippen LogP contribution in [0.1, 0.15) is 36.2 Å². The third-order valence-electron chi connectivity index (χ3n) is 4.73. The lowest BCUT2D eigenvalue weighted by atomic mass is 10.2. The summed E-state index contributed by atoms with van der Waals surface area (Å²) in [7, 11) is -1.96. The average Bonchev–Trinajstić information content (AvgIpc) is 2.74. The zero-order valence-electron chi connectivity index (χ0n) is 18.1. The second-order valence-electron chi connectivity index (χ2n) is 6.92. The van der Waals surface area contributed by atoms with Gasteiger partial charge in [0.15, 0.2) is 9.84 Å². The van der Waals surface area contributed by atoms with Crippen LogP contribution in [0, 0.1) is 0 Å². The molecule has 9 heteroatoms. The van der Waals surface area contributed by atoms with Gasteiger partial charge in [-0.3, -0.25) is 9.69 Å². The molecule has 0 aliphatic rings. The minimum absolute atomic E-state index is 0. The summed E-state index contributed by atoms with van der Waals surface area (Å²) in [5.41, 5.74) is 1.37. The summed E-state index contributed by atoms with van der Waals surface area (Å²) in [6.07, 6.45) is 0.992. The number of carbonyl (C=O) groups is 1. The minimum atomic E-state index is -3.41. The number of hydrogen-bond acceptors (Lipinski definition) is 5. The van der Waals surface area contributed by atoms with Crippen molar-refractivity contribution in [2.24, 2.45) is 0 Å². The van der Waals surface area contributed by atoms with Crippen LogP contribution in [-0.2, 0) is 16.4 Å². The van der Waals surface area contributed by atoms with E-state index in [2.05, 4.69) is 17.1 Å². The van der Waals surface area contributed by atoms with Crippen molar-refractivity contribution < 1.29 is 17.9 Å². The lowest BCUT2D eigenvalue weighted by Crippen LogP contribution is -2.35. The van der Waals surface area contributed by atoms with Crippen molar-refractivity contribution in [3.05, 3.63) is 58.6 Å². The van der Waals surface area contributed by atoms with Crippen LogP contribution in [0.2, 0.25) is 5.02 Å². The molecule has 1 N–H and O–H groups in total. The Bertz CT molecular complexity index is 950. The first-order valence-corrected chi connectivity index (χ1v) is 12.0. The van der Waals surface area contributed by atoms with Crippen LogP contribution in [0.15, 0.2) is 47.4 Å². The van der Waals surface area contributed by atoms with Gasteiger partial charge in [-0.2, -0.15) is 0 Å². The third-order valence-corrected chi connectivity index (χ3v) is 6.71. The van der Waals surface area contributed by atoms with E-state index in [4.69, 9.17) is 16.3 Å². The lowest BCUT2D eigenvalue weighted by Gasteiger charge is -2.22. The molecule has 0 bridgehead atoms. The molecule has 0 spiro atoms. The van der Waals surface area contributed by atoms with Crippen molar-refractivity contribution in [2.75, 3.05) is 32.5 Å². The number of hydrogen-bond donors (Lipinski definition) is 1. The van der Waals surface area contributed by atoms with Gasteiger partial charge in [0, 0.05) is 24.7 Å². The summed E-state index contributed by atoms with van der Waals surface area (Å²) in [4.78, 5) is 15.1. The summed E-state index contributed by atoms with van der Waals surface area (Å²) in [5, 5.41) is 3.58. The number of rotatable bonds is 11. The van der Waals surface area contributed by atoms with Crippen LogP contribution in [0.4, 0.5) is 0 Å². The Hall–Kier alpha value is -1.80. The fourth-order valence-corrected chi connectivity index (χ4v) is 4.11. The second kappa shape index (κ2) is 12.9. The van der Waals surface area contributed by atoms with E-state index in [-0.39, 0.29) is 34.5 Å². The maximum absolute atomic E-state index is 12.7. The third kappa shape index (κ3) is 8.00. The van der Waals surface area contributed by atoms with Crippen LogP contribution in [0.5, 0.6) is 5.75 Å². The van der Waals surface area contributed by atoms with Crippen molar-refractivity contribution in [3.63, 3.8) is 0 Å². The highest BCUT2D eigenvalue weighted by atomic mass is 35.5. The first kappa shape index (κ1) is 27.2. The largest absolute Gasteiger partial charge is 0.496 e. The second-order valence-corrected chi connectivity index (χ2v) is 9.64. The van der Waals surface area contributed by atoms with Crippen LogP contribution < -0.4 is 10.1 Å². The summed E-state index contributed by atoms with van der Waals surface area (Å²) in [5.74, 6) is -0.0473. The van der Waals surface area contributed by atoms with E-state index in [1.165, 1.54) is 25.3 Å². The molecule has 0 fully saturated rings. The standard InChI is InChI=1S/C22H29ClN2O4S.ClH/c1-4-13-25(16-17-6-8-18(23)9-7-17)14-12-24-22(26)20-15-19(30(27,28)5-2)10-11-21(20)29-3;/h6-11,15H,4-5,12-14,16H2,1-3H3,(H,24,26);1H. The number of methoxy groups -OCH3 is 1. The Labute approximate surface area is 196 Å². The smallest absolute Gasteiger partial charge is 0.255 e. The molecule has 0 aliphatic carbocycles. The first-order valence-electron chi connectivity index (χ1n) is 9.96. The summed E-state index contributed by atoms with van der Waals surface area (Å²) in [6, 6.07) is 12.1. The normalized spacial score (nSPS) is 11.1. The molecule has 0 unspecified atom stereocenters. The molecule has 0 heterocycles. The maximum Gasteiger partial charge on any atom is 0.255 e. The fraction of sp³-hybridized carbons (Fsp3) is 0.409. The molecule has 1 amide bonds. The topological polar surface area (TPSA) is 75.7 Å². The molecule has 2 aromatic rings. The number of halogens is 2. The molecule has 2 aromatic carbocycles. The van der Waals surface area contributed by atoms with Gasteiger partial charge in [-0.1, -0.05) is 37.6 Å². The highest BCUT2D eigenvalue weighted by Crippen LogP contribution is 2.23. The number of nitrogens with zero attached hydrogens (tertiary/aromatic N) is 1. The Kier molecular flexibility index (Phi) is 11.3. The van der Waals surface area contributed by atoms with Gasteiger partial charge in [0.25, 0.3) is 5.91 Å². The minimum Gasteiger partial charge on any atom is -0.496 e. The van der Waals surface area contributed by atoms with E-state index < -0.39 is 9.84 Å². The van der Waals surface area contributed by atoms with Gasteiger partial charge in [-0.25, -0.2) is 8.42 Å². The van der Waals surface area contributed by atoms with Crippen molar-refractivity contribution in [2.45, 2.75) is 31.7 Å². The highest BCUT2D eigenvalue weighted by molar-refractivity contribution is 7.91.